The van der Waals surface area contributed by atoms with E-state index in [0.717, 1.165) is 35.6 Å². The molecule has 2 aromatic rings. The first-order valence-electron chi connectivity index (χ1n) is 5.84. The van der Waals surface area contributed by atoms with Gasteiger partial charge in [0.25, 0.3) is 0 Å². The summed E-state index contributed by atoms with van der Waals surface area (Å²) in [4.78, 5) is 16.9. The molecule has 1 aromatic heterocycles. The van der Waals surface area contributed by atoms with E-state index in [0.29, 0.717) is 12.2 Å². The lowest BCUT2D eigenvalue weighted by Crippen LogP contribution is -2.20. The number of hydrogen-bond acceptors (Lipinski definition) is 4. The fraction of sp³-hybridized carbons (Fsp3) is 0.231. The third-order valence-corrected chi connectivity index (χ3v) is 4.01. The molecule has 0 aliphatic carbocycles. The fourth-order valence-corrected chi connectivity index (χ4v) is 2.90. The highest BCUT2D eigenvalue weighted by Crippen LogP contribution is 2.30. The first kappa shape index (κ1) is 12.1. The maximum atomic E-state index is 13.3. The van der Waals surface area contributed by atoms with Crippen LogP contribution in [0.25, 0.3) is 0 Å². The van der Waals surface area contributed by atoms with Crippen molar-refractivity contribution in [2.75, 3.05) is 11.4 Å². The van der Waals surface area contributed by atoms with Gasteiger partial charge in [-0.15, -0.1) is 11.3 Å². The van der Waals surface area contributed by atoms with Gasteiger partial charge in [0.15, 0.2) is 0 Å². The Bertz CT molecular complexity index is 641. The summed E-state index contributed by atoms with van der Waals surface area (Å²) >= 11 is 1.11. The van der Waals surface area contributed by atoms with Gasteiger partial charge in [-0.25, -0.2) is 14.2 Å². The summed E-state index contributed by atoms with van der Waals surface area (Å²) in [5, 5.41) is 10.7. The van der Waals surface area contributed by atoms with Crippen molar-refractivity contribution in [2.45, 2.75) is 13.0 Å². The smallest absolute Gasteiger partial charge is 0.365 e. The van der Waals surface area contributed by atoms with Crippen LogP contribution in [0.1, 0.15) is 21.1 Å². The number of nitrogens with zero attached hydrogens (tertiary/aromatic N) is 2. The van der Waals surface area contributed by atoms with E-state index in [1.54, 1.807) is 11.4 Å². The van der Waals surface area contributed by atoms with Crippen molar-refractivity contribution in [3.63, 3.8) is 0 Å². The summed E-state index contributed by atoms with van der Waals surface area (Å²) in [6, 6.07) is 4.79. The van der Waals surface area contributed by atoms with Crippen LogP contribution in [0.15, 0.2) is 23.6 Å². The van der Waals surface area contributed by atoms with Crippen LogP contribution in [0.3, 0.4) is 0 Å². The molecule has 0 saturated carbocycles. The number of fused-ring (bicyclic) bond motifs is 1. The summed E-state index contributed by atoms with van der Waals surface area (Å²) in [6.07, 6.45) is 0.880. The zero-order valence-electron chi connectivity index (χ0n) is 9.97. The molecule has 1 N–H and O–H groups in total. The highest BCUT2D eigenvalue weighted by atomic mass is 32.1. The quantitative estimate of drug-likeness (QED) is 0.937. The Kier molecular flexibility index (Phi) is 2.94. The number of benzene rings is 1. The molecule has 1 aromatic carbocycles. The zero-order chi connectivity index (χ0) is 13.4. The van der Waals surface area contributed by atoms with Crippen LogP contribution in [-0.2, 0) is 13.0 Å². The Hall–Kier alpha value is -1.95. The average molecular weight is 278 g/mol. The van der Waals surface area contributed by atoms with E-state index in [9.17, 15) is 9.18 Å². The third-order valence-electron chi connectivity index (χ3n) is 3.13. The number of aromatic nitrogens is 1. The van der Waals surface area contributed by atoms with Crippen LogP contribution in [0.5, 0.6) is 0 Å². The van der Waals surface area contributed by atoms with Gasteiger partial charge in [-0.05, 0) is 24.1 Å². The number of carboxylic acid groups (broad SMARTS) is 1. The van der Waals surface area contributed by atoms with Gasteiger partial charge in [0, 0.05) is 17.6 Å². The van der Waals surface area contributed by atoms with E-state index >= 15 is 0 Å². The van der Waals surface area contributed by atoms with Crippen LogP contribution < -0.4 is 4.90 Å². The topological polar surface area (TPSA) is 53.4 Å². The molecule has 0 unspecified atom stereocenters. The van der Waals surface area contributed by atoms with Crippen LogP contribution in [-0.4, -0.2) is 22.6 Å². The zero-order valence-corrected chi connectivity index (χ0v) is 10.8. The van der Waals surface area contributed by atoms with Crippen molar-refractivity contribution in [1.82, 2.24) is 4.98 Å². The molecular formula is C13H11FN2O2S. The monoisotopic (exact) mass is 278 g/mol. The average Bonchev–Trinajstić information content (AvgIpc) is 2.98. The normalized spacial score (nSPS) is 13.6. The highest BCUT2D eigenvalue weighted by Gasteiger charge is 2.21. The van der Waals surface area contributed by atoms with Gasteiger partial charge >= 0.3 is 5.97 Å². The molecule has 0 saturated heterocycles. The molecule has 6 heteroatoms. The molecule has 4 nitrogen and oxygen atoms in total. The first-order chi connectivity index (χ1) is 9.13. The van der Waals surface area contributed by atoms with Gasteiger partial charge in [0.1, 0.15) is 5.82 Å². The molecule has 0 spiro atoms. The SMILES string of the molecule is O=C(O)c1nc(CN2CCc3ccc(F)cc32)cs1. The first-order valence-corrected chi connectivity index (χ1v) is 6.72. The Balaban J connectivity index is 1.82. The number of anilines is 1. The Labute approximate surface area is 113 Å². The Morgan fingerprint density at radius 3 is 3.11 bits per heavy atom. The van der Waals surface area contributed by atoms with Crippen molar-refractivity contribution in [3.05, 3.63) is 45.7 Å². The number of carbonyl (C=O) groups is 1. The maximum absolute atomic E-state index is 13.3. The molecule has 0 fully saturated rings. The number of hydrogen-bond donors (Lipinski definition) is 1. The second-order valence-electron chi connectivity index (χ2n) is 4.39. The summed E-state index contributed by atoms with van der Waals surface area (Å²) < 4.78 is 13.3. The van der Waals surface area contributed by atoms with Gasteiger partial charge in [-0.3, -0.25) is 0 Å². The van der Waals surface area contributed by atoms with E-state index in [-0.39, 0.29) is 10.8 Å². The second kappa shape index (κ2) is 4.62. The van der Waals surface area contributed by atoms with Crippen molar-refractivity contribution >= 4 is 23.0 Å². The molecule has 2 heterocycles. The molecule has 0 amide bonds. The van der Waals surface area contributed by atoms with Gasteiger partial charge in [0.2, 0.25) is 5.01 Å². The van der Waals surface area contributed by atoms with Crippen LogP contribution in [0.4, 0.5) is 10.1 Å². The van der Waals surface area contributed by atoms with E-state index in [1.165, 1.54) is 12.1 Å². The largest absolute Gasteiger partial charge is 0.476 e. The summed E-state index contributed by atoms with van der Waals surface area (Å²) in [7, 11) is 0. The standard InChI is InChI=1S/C13H11FN2O2S/c14-9-2-1-8-3-4-16(11(8)5-9)6-10-7-19-12(15-10)13(17)18/h1-2,5,7H,3-4,6H2,(H,17,18). The van der Waals surface area contributed by atoms with Crippen LogP contribution >= 0.6 is 11.3 Å². The van der Waals surface area contributed by atoms with E-state index in [4.69, 9.17) is 5.11 Å². The minimum absolute atomic E-state index is 0.0914. The van der Waals surface area contributed by atoms with Gasteiger partial charge in [0.05, 0.1) is 12.2 Å². The summed E-state index contributed by atoms with van der Waals surface area (Å²) in [5.74, 6) is -1.26. The summed E-state index contributed by atoms with van der Waals surface area (Å²) in [5.41, 5.74) is 2.71. The van der Waals surface area contributed by atoms with Gasteiger partial charge in [-0.2, -0.15) is 0 Å². The van der Waals surface area contributed by atoms with E-state index in [2.05, 4.69) is 4.98 Å². The molecular weight excluding hydrogens is 267 g/mol. The molecule has 1 aliphatic rings. The fourth-order valence-electron chi connectivity index (χ4n) is 2.26. The van der Waals surface area contributed by atoms with Crippen molar-refractivity contribution in [2.24, 2.45) is 0 Å². The maximum Gasteiger partial charge on any atom is 0.365 e. The lowest BCUT2D eigenvalue weighted by molar-refractivity contribution is 0.0696. The molecule has 0 atom stereocenters. The second-order valence-corrected chi connectivity index (χ2v) is 5.25. The molecule has 0 bridgehead atoms. The Morgan fingerprint density at radius 2 is 2.37 bits per heavy atom. The van der Waals surface area contributed by atoms with Crippen LogP contribution in [0, 0.1) is 5.82 Å². The molecule has 19 heavy (non-hydrogen) atoms. The number of carboxylic acids is 1. The van der Waals surface area contributed by atoms with E-state index < -0.39 is 5.97 Å². The van der Waals surface area contributed by atoms with Gasteiger partial charge < -0.3 is 10.0 Å². The lowest BCUT2D eigenvalue weighted by atomic mass is 10.2. The van der Waals surface area contributed by atoms with E-state index in [1.807, 2.05) is 4.90 Å². The Morgan fingerprint density at radius 1 is 1.53 bits per heavy atom. The van der Waals surface area contributed by atoms with Crippen molar-refractivity contribution in [3.8, 4) is 0 Å². The lowest BCUT2D eigenvalue weighted by Gasteiger charge is -2.17. The predicted molar refractivity (Wildman–Crippen MR) is 70.2 cm³/mol. The van der Waals surface area contributed by atoms with Crippen molar-refractivity contribution < 1.29 is 14.3 Å². The molecule has 98 valence electrons. The minimum atomic E-state index is -1.01. The van der Waals surface area contributed by atoms with Crippen molar-refractivity contribution in [1.29, 1.82) is 0 Å². The molecule has 0 radical (unpaired) electrons. The number of thiazole rings is 1. The minimum Gasteiger partial charge on any atom is -0.476 e. The predicted octanol–water partition coefficient (Wildman–Crippen LogP) is 2.54. The summed E-state index contributed by atoms with van der Waals surface area (Å²) in [6.45, 7) is 1.32. The number of aromatic carboxylic acids is 1. The number of rotatable bonds is 3. The number of halogens is 1. The third kappa shape index (κ3) is 2.31. The molecule has 1 aliphatic heterocycles. The molecule has 3 rings (SSSR count). The van der Waals surface area contributed by atoms with Crippen LogP contribution in [0.2, 0.25) is 0 Å². The highest BCUT2D eigenvalue weighted by molar-refractivity contribution is 7.11. The van der Waals surface area contributed by atoms with Gasteiger partial charge in [-0.1, -0.05) is 6.07 Å².